The molecule has 3 rings (SSSR count). The van der Waals surface area contributed by atoms with Gasteiger partial charge in [0.05, 0.1) is 5.71 Å². The molecule has 0 saturated heterocycles. The number of rotatable bonds is 3. The first-order valence-electron chi connectivity index (χ1n) is 6.58. The highest BCUT2D eigenvalue weighted by atomic mass is 79.9. The van der Waals surface area contributed by atoms with Gasteiger partial charge in [-0.1, -0.05) is 38.8 Å². The Morgan fingerprint density at radius 1 is 1.19 bits per heavy atom. The van der Waals surface area contributed by atoms with E-state index >= 15 is 0 Å². The first-order valence-corrected chi connectivity index (χ1v) is 7.75. The summed E-state index contributed by atoms with van der Waals surface area (Å²) in [5.74, 6) is 0.798. The van der Waals surface area contributed by atoms with Crippen LogP contribution in [0.4, 0.5) is 0 Å². The second-order valence-corrected chi connectivity index (χ2v) is 6.21. The molecule has 0 fully saturated rings. The van der Waals surface area contributed by atoms with Crippen LogP contribution in [0, 0.1) is 0 Å². The fourth-order valence-corrected chi connectivity index (χ4v) is 3.17. The molecule has 2 aromatic carbocycles. The molecule has 1 N–H and O–H groups in total. The minimum Gasteiger partial charge on any atom is -0.489 e. The van der Waals surface area contributed by atoms with E-state index in [1.54, 1.807) is 0 Å². The molecule has 0 amide bonds. The lowest BCUT2D eigenvalue weighted by Crippen LogP contribution is -1.98. The molecule has 108 valence electrons. The lowest BCUT2D eigenvalue weighted by molar-refractivity contribution is 0.306. The number of fused-ring (bicyclic) bond motifs is 1. The maximum absolute atomic E-state index is 8.93. The summed E-state index contributed by atoms with van der Waals surface area (Å²) in [4.78, 5) is 0. The van der Waals surface area contributed by atoms with Crippen molar-refractivity contribution in [3.63, 3.8) is 0 Å². The average Bonchev–Trinajstić information content (AvgIpc) is 2.88. The van der Waals surface area contributed by atoms with Gasteiger partial charge in [0.15, 0.2) is 0 Å². The molecule has 0 atom stereocenters. The number of ether oxygens (including phenoxy) is 1. The molecule has 1 aliphatic carbocycles. The average molecular weight is 367 g/mol. The Morgan fingerprint density at radius 3 is 2.81 bits per heavy atom. The minimum absolute atomic E-state index is 0.422. The predicted octanol–water partition coefficient (Wildman–Crippen LogP) is 4.81. The van der Waals surface area contributed by atoms with Gasteiger partial charge in [-0.25, -0.2) is 0 Å². The predicted molar refractivity (Wildman–Crippen MR) is 86.6 cm³/mol. The zero-order valence-corrected chi connectivity index (χ0v) is 13.5. The maximum Gasteiger partial charge on any atom is 0.120 e. The van der Waals surface area contributed by atoms with Gasteiger partial charge < -0.3 is 9.94 Å². The zero-order valence-electron chi connectivity index (χ0n) is 11.1. The van der Waals surface area contributed by atoms with Gasteiger partial charge in [-0.05, 0) is 48.7 Å². The summed E-state index contributed by atoms with van der Waals surface area (Å²) in [5, 5.41) is 12.9. The standard InChI is InChI=1S/C16H13BrClNO2/c17-12-3-1-11(15(18)8-12)9-21-13-4-5-14-10(7-13)2-6-16(14)19-20/h1,3-5,7-8,20H,2,6,9H2/b19-16-. The van der Waals surface area contributed by atoms with E-state index in [0.717, 1.165) is 45.5 Å². The normalized spacial score (nSPS) is 15.2. The maximum atomic E-state index is 8.93. The van der Waals surface area contributed by atoms with Crippen LogP contribution in [-0.4, -0.2) is 10.9 Å². The molecule has 0 radical (unpaired) electrons. The Bertz CT molecular complexity index is 715. The molecular weight excluding hydrogens is 354 g/mol. The molecule has 0 saturated carbocycles. The first-order chi connectivity index (χ1) is 10.2. The fourth-order valence-electron chi connectivity index (χ4n) is 2.44. The lowest BCUT2D eigenvalue weighted by Gasteiger charge is -2.09. The monoisotopic (exact) mass is 365 g/mol. The lowest BCUT2D eigenvalue weighted by atomic mass is 10.1. The van der Waals surface area contributed by atoms with E-state index < -0.39 is 0 Å². The summed E-state index contributed by atoms with van der Waals surface area (Å²) < 4.78 is 6.75. The summed E-state index contributed by atoms with van der Waals surface area (Å²) in [5.41, 5.74) is 3.85. The topological polar surface area (TPSA) is 41.8 Å². The van der Waals surface area contributed by atoms with E-state index in [4.69, 9.17) is 21.5 Å². The molecule has 0 unspecified atom stereocenters. The Kier molecular flexibility index (Phi) is 4.17. The van der Waals surface area contributed by atoms with Gasteiger partial charge in [-0.2, -0.15) is 0 Å². The van der Waals surface area contributed by atoms with Gasteiger partial charge in [-0.3, -0.25) is 0 Å². The smallest absolute Gasteiger partial charge is 0.120 e. The van der Waals surface area contributed by atoms with Gasteiger partial charge in [0.2, 0.25) is 0 Å². The van der Waals surface area contributed by atoms with Crippen LogP contribution in [0.2, 0.25) is 5.02 Å². The molecule has 0 aliphatic heterocycles. The highest BCUT2D eigenvalue weighted by Crippen LogP contribution is 2.28. The molecule has 0 spiro atoms. The summed E-state index contributed by atoms with van der Waals surface area (Å²) in [6.45, 7) is 0.422. The Labute approximate surface area is 136 Å². The van der Waals surface area contributed by atoms with Crippen LogP contribution in [0.5, 0.6) is 5.75 Å². The van der Waals surface area contributed by atoms with E-state index in [1.807, 2.05) is 36.4 Å². The van der Waals surface area contributed by atoms with Gasteiger partial charge in [-0.15, -0.1) is 0 Å². The number of oxime groups is 1. The quantitative estimate of drug-likeness (QED) is 0.626. The van der Waals surface area contributed by atoms with Gasteiger partial charge in [0.1, 0.15) is 12.4 Å². The van der Waals surface area contributed by atoms with Crippen molar-refractivity contribution < 1.29 is 9.94 Å². The van der Waals surface area contributed by atoms with E-state index in [-0.39, 0.29) is 0 Å². The molecule has 21 heavy (non-hydrogen) atoms. The second kappa shape index (κ2) is 6.08. The number of aryl methyl sites for hydroxylation is 1. The number of hydrogen-bond acceptors (Lipinski definition) is 3. The third-order valence-electron chi connectivity index (χ3n) is 3.55. The van der Waals surface area contributed by atoms with Crippen molar-refractivity contribution in [1.82, 2.24) is 0 Å². The molecule has 0 heterocycles. The molecule has 1 aliphatic rings. The molecular formula is C16H13BrClNO2. The highest BCUT2D eigenvalue weighted by molar-refractivity contribution is 9.10. The second-order valence-electron chi connectivity index (χ2n) is 4.89. The third kappa shape index (κ3) is 3.06. The summed E-state index contributed by atoms with van der Waals surface area (Å²) in [7, 11) is 0. The molecule has 5 heteroatoms. The van der Waals surface area contributed by atoms with Gasteiger partial charge >= 0.3 is 0 Å². The van der Waals surface area contributed by atoms with Crippen LogP contribution in [0.15, 0.2) is 46.0 Å². The van der Waals surface area contributed by atoms with E-state index in [2.05, 4.69) is 21.1 Å². The van der Waals surface area contributed by atoms with Crippen molar-refractivity contribution in [2.75, 3.05) is 0 Å². The Morgan fingerprint density at radius 2 is 2.05 bits per heavy atom. The Balaban J connectivity index is 1.75. The van der Waals surface area contributed by atoms with Crippen LogP contribution in [0.1, 0.15) is 23.1 Å². The highest BCUT2D eigenvalue weighted by Gasteiger charge is 2.18. The number of halogens is 2. The minimum atomic E-state index is 0.422. The number of nitrogens with zero attached hydrogens (tertiary/aromatic N) is 1. The van der Waals surface area contributed by atoms with Gasteiger partial charge in [0, 0.05) is 20.6 Å². The molecule has 2 aromatic rings. The number of hydrogen-bond donors (Lipinski definition) is 1. The van der Waals surface area contributed by atoms with Crippen molar-refractivity contribution in [3.05, 3.63) is 62.6 Å². The van der Waals surface area contributed by atoms with Crippen LogP contribution in [0.3, 0.4) is 0 Å². The van der Waals surface area contributed by atoms with Crippen LogP contribution >= 0.6 is 27.5 Å². The van der Waals surface area contributed by atoms with Crippen molar-refractivity contribution in [3.8, 4) is 5.75 Å². The first kappa shape index (κ1) is 14.4. The molecule has 0 bridgehead atoms. The largest absolute Gasteiger partial charge is 0.489 e. The van der Waals surface area contributed by atoms with E-state index in [9.17, 15) is 0 Å². The van der Waals surface area contributed by atoms with Crippen molar-refractivity contribution in [2.24, 2.45) is 5.16 Å². The molecule has 0 aromatic heterocycles. The Hall–Kier alpha value is -1.52. The zero-order chi connectivity index (χ0) is 14.8. The van der Waals surface area contributed by atoms with Crippen LogP contribution < -0.4 is 4.74 Å². The molecule has 3 nitrogen and oxygen atoms in total. The summed E-state index contributed by atoms with van der Waals surface area (Å²) in [6, 6.07) is 11.6. The van der Waals surface area contributed by atoms with Gasteiger partial charge in [0.25, 0.3) is 0 Å². The van der Waals surface area contributed by atoms with Crippen LogP contribution in [-0.2, 0) is 13.0 Å². The SMILES string of the molecule is O/N=C1/CCc2cc(OCc3ccc(Br)cc3Cl)ccc21. The van der Waals surface area contributed by atoms with E-state index in [1.165, 1.54) is 0 Å². The van der Waals surface area contributed by atoms with Crippen molar-refractivity contribution >= 4 is 33.2 Å². The van der Waals surface area contributed by atoms with Crippen molar-refractivity contribution in [1.29, 1.82) is 0 Å². The van der Waals surface area contributed by atoms with Crippen molar-refractivity contribution in [2.45, 2.75) is 19.4 Å². The summed E-state index contributed by atoms with van der Waals surface area (Å²) in [6.07, 6.45) is 1.65. The third-order valence-corrected chi connectivity index (χ3v) is 4.39. The number of benzene rings is 2. The van der Waals surface area contributed by atoms with E-state index in [0.29, 0.717) is 11.6 Å². The van der Waals surface area contributed by atoms with Crippen LogP contribution in [0.25, 0.3) is 0 Å². The fraction of sp³-hybridized carbons (Fsp3) is 0.188. The summed E-state index contributed by atoms with van der Waals surface area (Å²) >= 11 is 9.56.